The van der Waals surface area contributed by atoms with Crippen molar-refractivity contribution in [3.05, 3.63) is 59.9 Å². The molecule has 150 valence electrons. The number of benzene rings is 2. The van der Waals surface area contributed by atoms with Crippen molar-refractivity contribution in [3.63, 3.8) is 0 Å². The van der Waals surface area contributed by atoms with E-state index in [1.165, 1.54) is 12.1 Å². The van der Waals surface area contributed by atoms with E-state index in [0.717, 1.165) is 5.56 Å². The summed E-state index contributed by atoms with van der Waals surface area (Å²) in [6.45, 7) is 7.14. The summed E-state index contributed by atoms with van der Waals surface area (Å²) in [5.74, 6) is 0.484. The summed E-state index contributed by atoms with van der Waals surface area (Å²) in [5, 5.41) is 5.24. The molecule has 2 N–H and O–H groups in total. The van der Waals surface area contributed by atoms with Crippen molar-refractivity contribution in [1.82, 2.24) is 10.6 Å². The lowest BCUT2D eigenvalue weighted by molar-refractivity contribution is -0.122. The highest BCUT2D eigenvalue weighted by Crippen LogP contribution is 2.21. The molecule has 0 bridgehead atoms. The molecule has 0 unspecified atom stereocenters. The van der Waals surface area contributed by atoms with E-state index in [9.17, 15) is 14.0 Å². The molecule has 2 aromatic carbocycles. The molecular weight excluding hydrogens is 363 g/mol. The second kappa shape index (κ2) is 9.21. The topological polar surface area (TPSA) is 76.7 Å². The molecule has 1 atom stereocenters. The minimum absolute atomic E-state index is 0.302. The number of nitrogens with one attached hydrogen (secondary N) is 2. The van der Waals surface area contributed by atoms with Crippen LogP contribution in [0.25, 0.3) is 0 Å². The van der Waals surface area contributed by atoms with Crippen LogP contribution >= 0.6 is 0 Å². The summed E-state index contributed by atoms with van der Waals surface area (Å²) in [7, 11) is 0. The third kappa shape index (κ3) is 7.26. The Balaban J connectivity index is 1.81. The molecule has 0 heterocycles. The van der Waals surface area contributed by atoms with Crippen LogP contribution < -0.4 is 15.4 Å². The lowest BCUT2D eigenvalue weighted by Crippen LogP contribution is -2.46. The van der Waals surface area contributed by atoms with Gasteiger partial charge in [-0.25, -0.2) is 9.18 Å². The number of carbonyl (C=O) groups excluding carboxylic acids is 2. The molecule has 0 saturated heterocycles. The average Bonchev–Trinajstić information content (AvgIpc) is 2.61. The Bertz CT molecular complexity index is 799. The number of rotatable bonds is 6. The molecule has 0 radical (unpaired) electrons. The van der Waals surface area contributed by atoms with Crippen molar-refractivity contribution in [1.29, 1.82) is 0 Å². The second-order valence-electron chi connectivity index (χ2n) is 7.29. The first-order chi connectivity index (χ1) is 13.1. The largest absolute Gasteiger partial charge is 0.457 e. The van der Waals surface area contributed by atoms with Crippen LogP contribution in [0.4, 0.5) is 9.18 Å². The monoisotopic (exact) mass is 388 g/mol. The van der Waals surface area contributed by atoms with Gasteiger partial charge in [0, 0.05) is 6.54 Å². The first-order valence-corrected chi connectivity index (χ1v) is 8.92. The van der Waals surface area contributed by atoms with Crippen molar-refractivity contribution in [2.24, 2.45) is 0 Å². The van der Waals surface area contributed by atoms with Gasteiger partial charge >= 0.3 is 6.09 Å². The van der Waals surface area contributed by atoms with E-state index in [1.54, 1.807) is 52.0 Å². The minimum atomic E-state index is -0.726. The summed E-state index contributed by atoms with van der Waals surface area (Å²) in [6, 6.07) is 12.1. The van der Waals surface area contributed by atoms with Crippen LogP contribution in [0.5, 0.6) is 11.5 Å². The van der Waals surface area contributed by atoms with Crippen LogP contribution in [-0.2, 0) is 16.1 Å². The quantitative estimate of drug-likeness (QED) is 0.780. The predicted octanol–water partition coefficient (Wildman–Crippen LogP) is 4.15. The highest BCUT2D eigenvalue weighted by molar-refractivity contribution is 5.85. The third-order valence-corrected chi connectivity index (χ3v) is 3.57. The van der Waals surface area contributed by atoms with Gasteiger partial charge in [-0.1, -0.05) is 12.1 Å². The van der Waals surface area contributed by atoms with Gasteiger partial charge in [-0.15, -0.1) is 0 Å². The molecule has 2 amide bonds. The minimum Gasteiger partial charge on any atom is -0.457 e. The second-order valence-corrected chi connectivity index (χ2v) is 7.29. The molecule has 0 aromatic heterocycles. The zero-order valence-electron chi connectivity index (χ0n) is 16.4. The van der Waals surface area contributed by atoms with Gasteiger partial charge in [0.25, 0.3) is 0 Å². The van der Waals surface area contributed by atoms with Crippen molar-refractivity contribution in [2.45, 2.75) is 45.9 Å². The molecule has 0 aliphatic carbocycles. The lowest BCUT2D eigenvalue weighted by atomic mass is 10.2. The van der Waals surface area contributed by atoms with Gasteiger partial charge in [0.15, 0.2) is 0 Å². The van der Waals surface area contributed by atoms with Gasteiger partial charge in [0.05, 0.1) is 0 Å². The van der Waals surface area contributed by atoms with Gasteiger partial charge in [-0.2, -0.15) is 0 Å². The van der Waals surface area contributed by atoms with Crippen molar-refractivity contribution < 1.29 is 23.5 Å². The maximum Gasteiger partial charge on any atom is 0.408 e. The fraction of sp³-hybridized carbons (Fsp3) is 0.333. The van der Waals surface area contributed by atoms with E-state index in [2.05, 4.69) is 10.6 Å². The van der Waals surface area contributed by atoms with Crippen LogP contribution in [0.1, 0.15) is 33.3 Å². The third-order valence-electron chi connectivity index (χ3n) is 3.57. The number of hydrogen-bond acceptors (Lipinski definition) is 4. The molecule has 7 heteroatoms. The van der Waals surface area contributed by atoms with Crippen LogP contribution in [0.15, 0.2) is 48.5 Å². The fourth-order valence-electron chi connectivity index (χ4n) is 2.21. The summed E-state index contributed by atoms with van der Waals surface area (Å²) >= 11 is 0. The molecule has 28 heavy (non-hydrogen) atoms. The van der Waals surface area contributed by atoms with Gasteiger partial charge in [0.1, 0.15) is 29.0 Å². The molecule has 0 aliphatic rings. The van der Waals surface area contributed by atoms with E-state index in [0.29, 0.717) is 18.0 Å². The van der Waals surface area contributed by atoms with Gasteiger partial charge in [-0.3, -0.25) is 4.79 Å². The van der Waals surface area contributed by atoms with Crippen LogP contribution in [0.3, 0.4) is 0 Å². The normalized spacial score (nSPS) is 12.0. The highest BCUT2D eigenvalue weighted by atomic mass is 19.1. The summed E-state index contributed by atoms with van der Waals surface area (Å²) in [6.07, 6.45) is -0.641. The molecule has 0 spiro atoms. The molecule has 0 aliphatic heterocycles. The molecule has 0 fully saturated rings. The van der Waals surface area contributed by atoms with E-state index in [4.69, 9.17) is 9.47 Å². The molecule has 2 rings (SSSR count). The standard InChI is InChI=1S/C21H25FN2O4/c1-14(24-20(26)28-21(2,3)4)19(25)23-13-15-5-9-17(10-6-15)27-18-11-7-16(22)8-12-18/h5-12,14H,13H2,1-4H3,(H,23,25)(H,24,26)/t14-/m1/s1. The predicted molar refractivity (Wildman–Crippen MR) is 104 cm³/mol. The van der Waals surface area contributed by atoms with Crippen LogP contribution in [0.2, 0.25) is 0 Å². The molecular formula is C21H25FN2O4. The Hall–Kier alpha value is -3.09. The van der Waals surface area contributed by atoms with E-state index < -0.39 is 17.7 Å². The Morgan fingerprint density at radius 3 is 2.07 bits per heavy atom. The number of alkyl carbamates (subject to hydrolysis) is 1. The number of amides is 2. The van der Waals surface area contributed by atoms with Crippen LogP contribution in [-0.4, -0.2) is 23.6 Å². The number of hydrogen-bond donors (Lipinski definition) is 2. The maximum absolute atomic E-state index is 12.9. The molecule has 6 nitrogen and oxygen atoms in total. The van der Waals surface area contributed by atoms with Crippen molar-refractivity contribution >= 4 is 12.0 Å². The SMILES string of the molecule is C[C@@H](NC(=O)OC(C)(C)C)C(=O)NCc1ccc(Oc2ccc(F)cc2)cc1. The smallest absolute Gasteiger partial charge is 0.408 e. The summed E-state index contributed by atoms with van der Waals surface area (Å²) in [4.78, 5) is 23.8. The lowest BCUT2D eigenvalue weighted by Gasteiger charge is -2.21. The summed E-state index contributed by atoms with van der Waals surface area (Å²) in [5.41, 5.74) is 0.238. The van der Waals surface area contributed by atoms with Crippen molar-refractivity contribution in [2.75, 3.05) is 0 Å². The zero-order chi connectivity index (χ0) is 20.7. The number of carbonyl (C=O) groups is 2. The molecule has 0 saturated carbocycles. The van der Waals surface area contributed by atoms with Gasteiger partial charge < -0.3 is 20.1 Å². The average molecular weight is 388 g/mol. The van der Waals surface area contributed by atoms with Crippen LogP contribution in [0, 0.1) is 5.82 Å². The van der Waals surface area contributed by atoms with Gasteiger partial charge in [-0.05, 0) is 69.7 Å². The zero-order valence-corrected chi connectivity index (χ0v) is 16.4. The number of ether oxygens (including phenoxy) is 2. The van der Waals surface area contributed by atoms with Gasteiger partial charge in [0.2, 0.25) is 5.91 Å². The first kappa shape index (κ1) is 21.2. The molecule has 2 aromatic rings. The Morgan fingerprint density at radius 1 is 1.00 bits per heavy atom. The van der Waals surface area contributed by atoms with E-state index >= 15 is 0 Å². The Labute approximate surface area is 164 Å². The maximum atomic E-state index is 12.9. The Morgan fingerprint density at radius 2 is 1.54 bits per heavy atom. The fourth-order valence-corrected chi connectivity index (χ4v) is 2.21. The summed E-state index contributed by atoms with van der Waals surface area (Å²) < 4.78 is 23.7. The van der Waals surface area contributed by atoms with E-state index in [1.807, 2.05) is 12.1 Å². The number of halogens is 1. The first-order valence-electron chi connectivity index (χ1n) is 8.92. The highest BCUT2D eigenvalue weighted by Gasteiger charge is 2.20. The van der Waals surface area contributed by atoms with Crippen molar-refractivity contribution in [3.8, 4) is 11.5 Å². The Kier molecular flexibility index (Phi) is 6.98. The van der Waals surface area contributed by atoms with E-state index in [-0.39, 0.29) is 11.7 Å².